The second-order valence-corrected chi connectivity index (χ2v) is 13.8. The number of carbonyl (C=O) groups is 4. The first-order valence-electron chi connectivity index (χ1n) is 16.7. The van der Waals surface area contributed by atoms with Crippen LogP contribution in [0.2, 0.25) is 0 Å². The van der Waals surface area contributed by atoms with Crippen molar-refractivity contribution in [2.24, 2.45) is 11.8 Å². The number of hydrogen-bond acceptors (Lipinski definition) is 7. The number of aliphatic hydroxyl groups excluding tert-OH is 1. The summed E-state index contributed by atoms with van der Waals surface area (Å²) in [6, 6.07) is 16.3. The number of amides is 3. The molecule has 1 spiro atoms. The molecule has 3 aliphatic heterocycles. The van der Waals surface area contributed by atoms with Crippen molar-refractivity contribution in [2.45, 2.75) is 81.9 Å². The maximum Gasteiger partial charge on any atom is 0.313 e. The van der Waals surface area contributed by atoms with E-state index in [2.05, 4.69) is 18.5 Å². The van der Waals surface area contributed by atoms with Crippen LogP contribution in [0.5, 0.6) is 0 Å². The van der Waals surface area contributed by atoms with E-state index in [-0.39, 0.29) is 31.3 Å². The average molecular weight is 658 g/mol. The fourth-order valence-electron chi connectivity index (χ4n) is 7.62. The van der Waals surface area contributed by atoms with Gasteiger partial charge in [0, 0.05) is 18.5 Å². The summed E-state index contributed by atoms with van der Waals surface area (Å²) in [5.41, 5.74) is -0.560. The molecule has 3 aliphatic rings. The summed E-state index contributed by atoms with van der Waals surface area (Å²) in [6.07, 6.45) is 3.49. The van der Waals surface area contributed by atoms with E-state index in [4.69, 9.17) is 9.47 Å². The van der Waals surface area contributed by atoms with E-state index >= 15 is 0 Å². The number of rotatable bonds is 14. The minimum atomic E-state index is -1.30. The first-order valence-corrected chi connectivity index (χ1v) is 16.7. The number of hydrogen-bond donors (Lipinski definition) is 2. The average Bonchev–Trinajstić information content (AvgIpc) is 3.72. The van der Waals surface area contributed by atoms with Crippen LogP contribution in [-0.2, 0) is 28.7 Å². The molecule has 3 fully saturated rings. The molecule has 0 aromatic heterocycles. The molecule has 256 valence electrons. The van der Waals surface area contributed by atoms with Gasteiger partial charge < -0.3 is 29.7 Å². The lowest BCUT2D eigenvalue weighted by molar-refractivity contribution is -0.161. The van der Waals surface area contributed by atoms with Crippen LogP contribution in [0.4, 0.5) is 0 Å². The number of ether oxygens (including phenoxy) is 2. The summed E-state index contributed by atoms with van der Waals surface area (Å²) in [6.45, 7) is 13.1. The Morgan fingerprint density at radius 2 is 1.73 bits per heavy atom. The molecular weight excluding hydrogens is 610 g/mol. The largest absolute Gasteiger partial charge is 0.455 e. The van der Waals surface area contributed by atoms with E-state index in [1.54, 1.807) is 17.1 Å². The van der Waals surface area contributed by atoms with Gasteiger partial charge in [0.25, 0.3) is 0 Å². The fraction of sp³-hybridized carbons (Fsp3) is 0.474. The highest BCUT2D eigenvalue weighted by Crippen LogP contribution is 2.60. The molecule has 2 bridgehead atoms. The Morgan fingerprint density at radius 3 is 2.31 bits per heavy atom. The minimum absolute atomic E-state index is 0.0453. The zero-order valence-electron chi connectivity index (χ0n) is 28.0. The van der Waals surface area contributed by atoms with Crippen molar-refractivity contribution in [3.8, 4) is 0 Å². The molecule has 2 aromatic rings. The SMILES string of the molecule is C=CCCC(=O)NC[C@H](OC(=O)[C@@H]1[C@H]2C(=O)N([C@H](CO)c3ccccc3)[C@H](C(=O)N(CC=C)C(C)(C)C)[C@]23CC[C@H]1O3)c1ccccc1. The second-order valence-electron chi connectivity index (χ2n) is 13.8. The van der Waals surface area contributed by atoms with Crippen molar-refractivity contribution < 1.29 is 33.8 Å². The van der Waals surface area contributed by atoms with Crippen LogP contribution in [0.3, 0.4) is 0 Å². The zero-order valence-corrected chi connectivity index (χ0v) is 28.0. The molecule has 3 amide bonds. The van der Waals surface area contributed by atoms with Gasteiger partial charge in [0.05, 0.1) is 37.1 Å². The van der Waals surface area contributed by atoms with Gasteiger partial charge in [-0.1, -0.05) is 72.8 Å². The Bertz CT molecular complexity index is 1510. The van der Waals surface area contributed by atoms with Gasteiger partial charge in [-0.3, -0.25) is 19.2 Å². The lowest BCUT2D eigenvalue weighted by atomic mass is 9.70. The van der Waals surface area contributed by atoms with Crippen LogP contribution in [-0.4, -0.2) is 81.6 Å². The molecule has 0 aliphatic carbocycles. The number of nitrogens with zero attached hydrogens (tertiary/aromatic N) is 2. The summed E-state index contributed by atoms with van der Waals surface area (Å²) in [5.74, 6) is -3.56. The second kappa shape index (κ2) is 14.5. The van der Waals surface area contributed by atoms with E-state index in [0.29, 0.717) is 30.4 Å². The molecule has 2 aromatic carbocycles. The number of carbonyl (C=O) groups excluding carboxylic acids is 4. The Balaban J connectivity index is 1.52. The van der Waals surface area contributed by atoms with Crippen LogP contribution in [0.25, 0.3) is 0 Å². The predicted molar refractivity (Wildman–Crippen MR) is 180 cm³/mol. The van der Waals surface area contributed by atoms with Crippen molar-refractivity contribution in [3.63, 3.8) is 0 Å². The number of allylic oxidation sites excluding steroid dienone is 1. The quantitative estimate of drug-likeness (QED) is 0.230. The third-order valence-electron chi connectivity index (χ3n) is 9.81. The molecule has 2 N–H and O–H groups in total. The Morgan fingerprint density at radius 1 is 1.08 bits per heavy atom. The standard InChI is InChI=1S/C38H47N3O7/c1-6-8-19-30(43)39-23-29(26-17-13-10-14-18-26)47-36(46)31-28-20-21-38(48-28)32(31)34(44)41(27(24-42)25-15-11-9-12-16-25)33(38)35(45)40(22-7-2)37(3,4)5/h6-7,9-18,27-29,31-33,42H,1-2,8,19-24H2,3-5H3,(H,39,43)/t27-,28-,29+,31+,32+,33-,38+/m1/s1. The summed E-state index contributed by atoms with van der Waals surface area (Å²) in [5, 5.41) is 13.6. The summed E-state index contributed by atoms with van der Waals surface area (Å²) in [4.78, 5) is 59.3. The van der Waals surface area contributed by atoms with Gasteiger partial charge in [0.1, 0.15) is 17.7 Å². The van der Waals surface area contributed by atoms with Crippen LogP contribution in [0.1, 0.15) is 69.7 Å². The molecule has 3 heterocycles. The number of benzene rings is 2. The maximum absolute atomic E-state index is 14.7. The van der Waals surface area contributed by atoms with E-state index < -0.39 is 65.8 Å². The number of aliphatic hydroxyl groups is 1. The molecule has 10 nitrogen and oxygen atoms in total. The molecule has 5 rings (SSSR count). The molecular formula is C38H47N3O7. The third-order valence-corrected chi connectivity index (χ3v) is 9.81. The van der Waals surface area contributed by atoms with Crippen molar-refractivity contribution in [1.29, 1.82) is 0 Å². The Labute approximate surface area is 282 Å². The van der Waals surface area contributed by atoms with E-state index in [1.165, 1.54) is 4.90 Å². The summed E-state index contributed by atoms with van der Waals surface area (Å²) in [7, 11) is 0. The van der Waals surface area contributed by atoms with Crippen LogP contribution < -0.4 is 5.32 Å². The highest BCUT2D eigenvalue weighted by Gasteiger charge is 2.76. The number of fused-ring (bicyclic) bond motifs is 1. The van der Waals surface area contributed by atoms with Crippen molar-refractivity contribution >= 4 is 23.7 Å². The van der Waals surface area contributed by atoms with E-state index in [9.17, 15) is 24.3 Å². The monoisotopic (exact) mass is 657 g/mol. The molecule has 48 heavy (non-hydrogen) atoms. The number of esters is 1. The van der Waals surface area contributed by atoms with Gasteiger partial charge >= 0.3 is 5.97 Å². The predicted octanol–water partition coefficient (Wildman–Crippen LogP) is 4.27. The van der Waals surface area contributed by atoms with Gasteiger partial charge in [-0.25, -0.2) is 0 Å². The normalized spacial score (nSPS) is 25.6. The Kier molecular flexibility index (Phi) is 10.6. The topological polar surface area (TPSA) is 125 Å². The van der Waals surface area contributed by atoms with Crippen molar-refractivity contribution in [1.82, 2.24) is 15.1 Å². The zero-order chi connectivity index (χ0) is 34.6. The van der Waals surface area contributed by atoms with Crippen LogP contribution in [0, 0.1) is 11.8 Å². The summed E-state index contributed by atoms with van der Waals surface area (Å²) < 4.78 is 12.8. The fourth-order valence-corrected chi connectivity index (χ4v) is 7.62. The minimum Gasteiger partial charge on any atom is -0.455 e. The number of likely N-dealkylation sites (tertiary alicyclic amines) is 1. The molecule has 10 heteroatoms. The van der Waals surface area contributed by atoms with Gasteiger partial charge in [-0.15, -0.1) is 13.2 Å². The molecule has 3 saturated heterocycles. The molecule has 0 saturated carbocycles. The van der Waals surface area contributed by atoms with Gasteiger partial charge in [-0.2, -0.15) is 0 Å². The highest BCUT2D eigenvalue weighted by molar-refractivity contribution is 5.98. The lowest BCUT2D eigenvalue weighted by Crippen LogP contribution is -2.60. The maximum atomic E-state index is 14.7. The molecule has 0 unspecified atom stereocenters. The molecule has 7 atom stereocenters. The Hall–Kier alpha value is -4.28. The molecule has 0 radical (unpaired) electrons. The first kappa shape index (κ1) is 35.0. The van der Waals surface area contributed by atoms with Gasteiger partial charge in [0.2, 0.25) is 17.7 Å². The smallest absolute Gasteiger partial charge is 0.313 e. The number of nitrogens with one attached hydrogen (secondary N) is 1. The first-order chi connectivity index (χ1) is 23.0. The van der Waals surface area contributed by atoms with E-state index in [1.807, 2.05) is 81.4 Å². The highest BCUT2D eigenvalue weighted by atomic mass is 16.6. The van der Waals surface area contributed by atoms with Crippen molar-refractivity contribution in [2.75, 3.05) is 19.7 Å². The van der Waals surface area contributed by atoms with Gasteiger partial charge in [-0.05, 0) is 51.2 Å². The third kappa shape index (κ3) is 6.56. The lowest BCUT2D eigenvalue weighted by Gasteiger charge is -2.43. The van der Waals surface area contributed by atoms with Crippen LogP contribution >= 0.6 is 0 Å². The van der Waals surface area contributed by atoms with Crippen LogP contribution in [0.15, 0.2) is 86.0 Å². The van der Waals surface area contributed by atoms with E-state index in [0.717, 1.165) is 0 Å². The summed E-state index contributed by atoms with van der Waals surface area (Å²) >= 11 is 0. The van der Waals surface area contributed by atoms with Crippen molar-refractivity contribution in [3.05, 3.63) is 97.1 Å². The van der Waals surface area contributed by atoms with Gasteiger partial charge in [0.15, 0.2) is 0 Å².